The summed E-state index contributed by atoms with van der Waals surface area (Å²) in [5.74, 6) is 0.682. The molecule has 0 aliphatic rings. The van der Waals surface area contributed by atoms with E-state index < -0.39 is 5.97 Å². The molecule has 0 radical (unpaired) electrons. The molecule has 0 unspecified atom stereocenters. The van der Waals surface area contributed by atoms with Crippen LogP contribution < -0.4 is 10.1 Å². The summed E-state index contributed by atoms with van der Waals surface area (Å²) in [5.41, 5.74) is 0.990. The highest BCUT2D eigenvalue weighted by Gasteiger charge is 2.17. The largest absolute Gasteiger partial charge is 0.497 e. The van der Waals surface area contributed by atoms with E-state index in [-0.39, 0.29) is 24.2 Å². The zero-order chi connectivity index (χ0) is 23.0. The van der Waals surface area contributed by atoms with Gasteiger partial charge in [0.2, 0.25) is 11.7 Å². The number of hydrogen-bond acceptors (Lipinski definition) is 9. The van der Waals surface area contributed by atoms with Crippen LogP contribution in [0.2, 0.25) is 0 Å². The summed E-state index contributed by atoms with van der Waals surface area (Å²) in [6.07, 6.45) is 0. The molecule has 0 saturated carbocycles. The van der Waals surface area contributed by atoms with Crippen molar-refractivity contribution in [1.29, 1.82) is 0 Å². The van der Waals surface area contributed by atoms with Gasteiger partial charge in [0, 0.05) is 16.6 Å². The minimum absolute atomic E-state index is 0.120. The summed E-state index contributed by atoms with van der Waals surface area (Å²) in [4.78, 5) is 30.7. The molecule has 0 spiro atoms. The summed E-state index contributed by atoms with van der Waals surface area (Å²) in [7, 11) is 1.56. The molecule has 0 aliphatic heterocycles. The molecule has 0 bridgehead atoms. The van der Waals surface area contributed by atoms with Crippen molar-refractivity contribution in [2.45, 2.75) is 11.5 Å². The van der Waals surface area contributed by atoms with Gasteiger partial charge in [-0.25, -0.2) is 4.79 Å². The van der Waals surface area contributed by atoms with Gasteiger partial charge in [-0.05, 0) is 35.7 Å². The first-order valence-electron chi connectivity index (χ1n) is 9.81. The second kappa shape index (κ2) is 10.8. The van der Waals surface area contributed by atoms with Crippen molar-refractivity contribution >= 4 is 40.7 Å². The Hall–Kier alpha value is -3.63. The van der Waals surface area contributed by atoms with Crippen LogP contribution in [0.25, 0.3) is 10.7 Å². The van der Waals surface area contributed by atoms with E-state index in [4.69, 9.17) is 14.0 Å². The number of rotatable bonds is 9. The maximum Gasteiger partial charge on any atom is 0.339 e. The Morgan fingerprint density at radius 2 is 2.00 bits per heavy atom. The fourth-order valence-electron chi connectivity index (χ4n) is 2.83. The zero-order valence-corrected chi connectivity index (χ0v) is 19.2. The van der Waals surface area contributed by atoms with Crippen LogP contribution in [-0.4, -0.2) is 34.9 Å². The lowest BCUT2D eigenvalue weighted by atomic mass is 10.2. The number of esters is 1. The topological polar surface area (TPSA) is 104 Å². The average Bonchev–Trinajstić information content (AvgIpc) is 3.54. The molecule has 1 amide bonds. The van der Waals surface area contributed by atoms with E-state index >= 15 is 0 Å². The first kappa shape index (κ1) is 22.6. The number of aromatic nitrogens is 2. The van der Waals surface area contributed by atoms with E-state index in [9.17, 15) is 9.59 Å². The maximum atomic E-state index is 12.6. The molecule has 10 heteroatoms. The number of anilines is 1. The second-order valence-electron chi connectivity index (χ2n) is 6.63. The molecule has 0 aliphatic carbocycles. The highest BCUT2D eigenvalue weighted by molar-refractivity contribution is 8.00. The molecule has 33 heavy (non-hydrogen) atoms. The molecule has 0 atom stereocenters. The Balaban J connectivity index is 1.33. The quantitative estimate of drug-likeness (QED) is 0.266. The SMILES string of the molecule is COc1cccc(NC(=O)CSc2ccccc2C(=O)OCc2nc(-c3cccs3)no2)c1. The van der Waals surface area contributed by atoms with Crippen molar-refractivity contribution < 1.29 is 23.6 Å². The van der Waals surface area contributed by atoms with Gasteiger partial charge in [-0.15, -0.1) is 23.1 Å². The molecule has 8 nitrogen and oxygen atoms in total. The Morgan fingerprint density at radius 1 is 1.12 bits per heavy atom. The van der Waals surface area contributed by atoms with Gasteiger partial charge in [-0.2, -0.15) is 4.98 Å². The van der Waals surface area contributed by atoms with Gasteiger partial charge in [0.05, 0.1) is 23.3 Å². The van der Waals surface area contributed by atoms with Gasteiger partial charge in [0.1, 0.15) is 5.75 Å². The van der Waals surface area contributed by atoms with E-state index in [0.29, 0.717) is 27.7 Å². The standard InChI is InChI=1S/C23H19N3O5S2/c1-29-16-7-4-6-15(12-16)24-20(27)14-33-18-9-3-2-8-17(18)23(28)30-13-21-25-22(26-31-21)19-10-5-11-32-19/h2-12H,13-14H2,1H3,(H,24,27). The number of carbonyl (C=O) groups is 2. The number of thioether (sulfide) groups is 1. The van der Waals surface area contributed by atoms with Crippen LogP contribution in [0.5, 0.6) is 5.75 Å². The molecular formula is C23H19N3O5S2. The highest BCUT2D eigenvalue weighted by Crippen LogP contribution is 2.25. The molecule has 2 aromatic heterocycles. The van der Waals surface area contributed by atoms with E-state index in [1.807, 2.05) is 17.5 Å². The first-order valence-corrected chi connectivity index (χ1v) is 11.7. The van der Waals surface area contributed by atoms with Crippen LogP contribution in [0.3, 0.4) is 0 Å². The third kappa shape index (κ3) is 5.99. The van der Waals surface area contributed by atoms with Crippen molar-refractivity contribution in [3.8, 4) is 16.5 Å². The summed E-state index contributed by atoms with van der Waals surface area (Å²) in [6.45, 7) is -0.146. The van der Waals surface area contributed by atoms with Gasteiger partial charge in [-0.3, -0.25) is 4.79 Å². The maximum absolute atomic E-state index is 12.6. The van der Waals surface area contributed by atoms with Gasteiger partial charge in [0.25, 0.3) is 5.89 Å². The van der Waals surface area contributed by atoms with Crippen molar-refractivity contribution in [2.24, 2.45) is 0 Å². The predicted octanol–water partition coefficient (Wildman–Crippen LogP) is 4.89. The summed E-state index contributed by atoms with van der Waals surface area (Å²) >= 11 is 2.73. The highest BCUT2D eigenvalue weighted by atomic mass is 32.2. The minimum atomic E-state index is -0.540. The molecule has 1 N–H and O–H groups in total. The van der Waals surface area contributed by atoms with Gasteiger partial charge >= 0.3 is 5.97 Å². The van der Waals surface area contributed by atoms with Crippen molar-refractivity contribution in [3.63, 3.8) is 0 Å². The first-order chi connectivity index (χ1) is 16.1. The minimum Gasteiger partial charge on any atom is -0.497 e. The van der Waals surface area contributed by atoms with Crippen LogP contribution in [0.15, 0.2) is 75.5 Å². The van der Waals surface area contributed by atoms with E-state index in [1.54, 1.807) is 55.6 Å². The van der Waals surface area contributed by atoms with Crippen LogP contribution >= 0.6 is 23.1 Å². The third-order valence-electron chi connectivity index (χ3n) is 4.36. The number of hydrogen-bond donors (Lipinski definition) is 1. The number of methoxy groups -OCH3 is 1. The lowest BCUT2D eigenvalue weighted by Gasteiger charge is -2.09. The molecule has 168 valence electrons. The Bertz CT molecular complexity index is 1240. The number of amides is 1. The van der Waals surface area contributed by atoms with Gasteiger partial charge in [-0.1, -0.05) is 29.4 Å². The fraction of sp³-hybridized carbons (Fsp3) is 0.130. The molecule has 4 aromatic rings. The Morgan fingerprint density at radius 3 is 2.82 bits per heavy atom. The van der Waals surface area contributed by atoms with E-state index in [2.05, 4.69) is 15.5 Å². The van der Waals surface area contributed by atoms with Crippen LogP contribution in [0.4, 0.5) is 5.69 Å². The molecular weight excluding hydrogens is 462 g/mol. The van der Waals surface area contributed by atoms with Crippen molar-refractivity contribution in [2.75, 3.05) is 18.2 Å². The van der Waals surface area contributed by atoms with E-state index in [0.717, 1.165) is 4.88 Å². The van der Waals surface area contributed by atoms with Gasteiger partial charge in [0.15, 0.2) is 6.61 Å². The summed E-state index contributed by atoms with van der Waals surface area (Å²) in [5, 5.41) is 8.62. The van der Waals surface area contributed by atoms with Crippen LogP contribution in [0, 0.1) is 0 Å². The number of thiophene rings is 1. The summed E-state index contributed by atoms with van der Waals surface area (Å²) < 4.78 is 15.7. The molecule has 2 heterocycles. The zero-order valence-electron chi connectivity index (χ0n) is 17.5. The Labute approximate surface area is 197 Å². The van der Waals surface area contributed by atoms with Crippen molar-refractivity contribution in [1.82, 2.24) is 10.1 Å². The monoisotopic (exact) mass is 481 g/mol. The van der Waals surface area contributed by atoms with Gasteiger partial charge < -0.3 is 19.3 Å². The fourth-order valence-corrected chi connectivity index (χ4v) is 4.32. The third-order valence-corrected chi connectivity index (χ3v) is 6.29. The number of nitrogens with one attached hydrogen (secondary N) is 1. The number of carbonyl (C=O) groups excluding carboxylic acids is 2. The molecule has 0 fully saturated rings. The lowest BCUT2D eigenvalue weighted by molar-refractivity contribution is -0.113. The molecule has 0 saturated heterocycles. The normalized spacial score (nSPS) is 10.6. The van der Waals surface area contributed by atoms with Crippen molar-refractivity contribution in [3.05, 3.63) is 77.5 Å². The molecule has 2 aromatic carbocycles. The number of ether oxygens (including phenoxy) is 2. The number of nitrogens with zero attached hydrogens (tertiary/aromatic N) is 2. The summed E-state index contributed by atoms with van der Waals surface area (Å²) in [6, 6.07) is 17.8. The predicted molar refractivity (Wildman–Crippen MR) is 126 cm³/mol. The second-order valence-corrected chi connectivity index (χ2v) is 8.59. The van der Waals surface area contributed by atoms with Crippen LogP contribution in [0.1, 0.15) is 16.2 Å². The van der Waals surface area contributed by atoms with Crippen LogP contribution in [-0.2, 0) is 16.1 Å². The lowest BCUT2D eigenvalue weighted by Crippen LogP contribution is -2.14. The Kier molecular flexibility index (Phi) is 7.38. The molecule has 4 rings (SSSR count). The van der Waals surface area contributed by atoms with E-state index in [1.165, 1.54) is 23.1 Å². The smallest absolute Gasteiger partial charge is 0.339 e. The number of benzene rings is 2. The average molecular weight is 482 g/mol.